The van der Waals surface area contributed by atoms with Crippen LogP contribution in [0.1, 0.15) is 45.1 Å². The van der Waals surface area contributed by atoms with Gasteiger partial charge in [0.2, 0.25) is 0 Å². The Kier molecular flexibility index (Phi) is 4.96. The van der Waals surface area contributed by atoms with Crippen molar-refractivity contribution in [2.24, 2.45) is 0 Å². The van der Waals surface area contributed by atoms with E-state index < -0.39 is 0 Å². The molecule has 1 aromatic rings. The van der Waals surface area contributed by atoms with E-state index in [1.807, 2.05) is 6.07 Å². The molecular weight excluding hydrogens is 244 g/mol. The van der Waals surface area contributed by atoms with Gasteiger partial charge < -0.3 is 19.3 Å². The average Bonchev–Trinajstić information content (AvgIpc) is 2.82. The molecule has 0 aromatic carbocycles. The summed E-state index contributed by atoms with van der Waals surface area (Å²) in [5.41, 5.74) is 0.998. The molecule has 1 N–H and O–H groups in total. The largest absolute Gasteiger partial charge is 0.381 e. The van der Waals surface area contributed by atoms with Crippen molar-refractivity contribution in [3.05, 3.63) is 17.5 Å². The Morgan fingerprint density at radius 1 is 1.37 bits per heavy atom. The van der Waals surface area contributed by atoms with Crippen molar-refractivity contribution in [1.29, 1.82) is 0 Å². The molecule has 5 heteroatoms. The summed E-state index contributed by atoms with van der Waals surface area (Å²) >= 11 is 0. The van der Waals surface area contributed by atoms with E-state index in [4.69, 9.17) is 14.0 Å². The zero-order chi connectivity index (χ0) is 13.7. The van der Waals surface area contributed by atoms with E-state index in [0.29, 0.717) is 13.2 Å². The smallest absolute Gasteiger partial charge is 0.162 e. The van der Waals surface area contributed by atoms with Crippen molar-refractivity contribution < 1.29 is 14.0 Å². The molecule has 1 aliphatic heterocycles. The summed E-state index contributed by atoms with van der Waals surface area (Å²) in [4.78, 5) is 0. The third-order valence-electron chi connectivity index (χ3n) is 3.04. The van der Waals surface area contributed by atoms with Crippen LogP contribution in [-0.4, -0.2) is 30.0 Å². The van der Waals surface area contributed by atoms with Crippen LogP contribution in [0.15, 0.2) is 10.6 Å². The van der Waals surface area contributed by atoms with Crippen molar-refractivity contribution in [3.8, 4) is 0 Å². The minimum absolute atomic E-state index is 0.0811. The molecule has 0 aliphatic carbocycles. The molecule has 1 saturated heterocycles. The van der Waals surface area contributed by atoms with Gasteiger partial charge in [-0.15, -0.1) is 0 Å². The van der Waals surface area contributed by atoms with Gasteiger partial charge in [-0.2, -0.15) is 0 Å². The van der Waals surface area contributed by atoms with E-state index in [1.54, 1.807) is 0 Å². The first kappa shape index (κ1) is 14.5. The van der Waals surface area contributed by atoms with Crippen molar-refractivity contribution in [3.63, 3.8) is 0 Å². The van der Waals surface area contributed by atoms with Crippen LogP contribution < -0.4 is 5.32 Å². The van der Waals surface area contributed by atoms with Gasteiger partial charge in [0.15, 0.2) is 5.76 Å². The number of hydrogen-bond acceptors (Lipinski definition) is 5. The summed E-state index contributed by atoms with van der Waals surface area (Å²) in [6.07, 6.45) is 2.22. The van der Waals surface area contributed by atoms with Gasteiger partial charge in [-0.3, -0.25) is 0 Å². The summed E-state index contributed by atoms with van der Waals surface area (Å²) in [5.74, 6) is 0.789. The van der Waals surface area contributed by atoms with Crippen molar-refractivity contribution >= 4 is 0 Å². The molecule has 0 amide bonds. The van der Waals surface area contributed by atoms with E-state index in [9.17, 15) is 0 Å². The molecule has 19 heavy (non-hydrogen) atoms. The third-order valence-corrected chi connectivity index (χ3v) is 3.04. The van der Waals surface area contributed by atoms with Crippen LogP contribution >= 0.6 is 0 Å². The molecule has 108 valence electrons. The molecular formula is C14H24N2O3. The first-order chi connectivity index (χ1) is 9.03. The molecule has 1 aromatic heterocycles. The predicted octanol–water partition coefficient (Wildman–Crippen LogP) is 2.26. The lowest BCUT2D eigenvalue weighted by Crippen LogP contribution is -2.35. The highest BCUT2D eigenvalue weighted by molar-refractivity contribution is 5.04. The molecule has 2 heterocycles. The van der Waals surface area contributed by atoms with Gasteiger partial charge in [0.05, 0.1) is 11.8 Å². The quantitative estimate of drug-likeness (QED) is 0.887. The minimum atomic E-state index is 0.0811. The molecule has 0 saturated carbocycles. The van der Waals surface area contributed by atoms with Crippen LogP contribution in [0, 0.1) is 0 Å². The van der Waals surface area contributed by atoms with Gasteiger partial charge in [0, 0.05) is 31.4 Å². The Bertz CT molecular complexity index is 378. The summed E-state index contributed by atoms with van der Waals surface area (Å²) in [7, 11) is 0. The summed E-state index contributed by atoms with van der Waals surface area (Å²) in [5, 5.41) is 7.42. The Labute approximate surface area is 114 Å². The van der Waals surface area contributed by atoms with E-state index in [0.717, 1.165) is 37.5 Å². The monoisotopic (exact) mass is 268 g/mol. The summed E-state index contributed by atoms with van der Waals surface area (Å²) in [6.45, 7) is 9.17. The molecule has 2 rings (SSSR count). The van der Waals surface area contributed by atoms with Crippen molar-refractivity contribution in [2.75, 3.05) is 13.2 Å². The number of ether oxygens (including phenoxy) is 2. The van der Waals surface area contributed by atoms with E-state index in [-0.39, 0.29) is 11.6 Å². The first-order valence-corrected chi connectivity index (χ1v) is 6.92. The second kappa shape index (κ2) is 6.50. The maximum absolute atomic E-state index is 5.79. The summed E-state index contributed by atoms with van der Waals surface area (Å²) in [6, 6.07) is 1.96. The molecule has 0 radical (unpaired) electrons. The third kappa shape index (κ3) is 5.30. The Morgan fingerprint density at radius 3 is 2.79 bits per heavy atom. The van der Waals surface area contributed by atoms with Gasteiger partial charge in [-0.1, -0.05) is 5.16 Å². The highest BCUT2D eigenvalue weighted by Gasteiger charge is 2.16. The predicted molar refractivity (Wildman–Crippen MR) is 71.7 cm³/mol. The fourth-order valence-electron chi connectivity index (χ4n) is 1.91. The fourth-order valence-corrected chi connectivity index (χ4v) is 1.91. The molecule has 0 unspecified atom stereocenters. The molecule has 5 nitrogen and oxygen atoms in total. The SMILES string of the molecule is CC(C)(C)NCc1cc(COC2CCOCC2)on1. The second-order valence-electron chi connectivity index (χ2n) is 6.01. The molecule has 1 fully saturated rings. The van der Waals surface area contributed by atoms with Gasteiger partial charge in [-0.25, -0.2) is 0 Å². The Balaban J connectivity index is 1.74. The summed E-state index contributed by atoms with van der Waals surface area (Å²) < 4.78 is 16.4. The number of hydrogen-bond donors (Lipinski definition) is 1. The lowest BCUT2D eigenvalue weighted by Gasteiger charge is -2.21. The molecule has 0 atom stereocenters. The van der Waals surface area contributed by atoms with Gasteiger partial charge in [-0.05, 0) is 33.6 Å². The minimum Gasteiger partial charge on any atom is -0.381 e. The Hall–Kier alpha value is -0.910. The second-order valence-corrected chi connectivity index (χ2v) is 6.01. The van der Waals surface area contributed by atoms with Crippen molar-refractivity contribution in [2.45, 2.75) is 58.4 Å². The van der Waals surface area contributed by atoms with Gasteiger partial charge in [0.1, 0.15) is 6.61 Å². The zero-order valence-electron chi connectivity index (χ0n) is 12.1. The van der Waals surface area contributed by atoms with Crippen LogP contribution in [0.25, 0.3) is 0 Å². The van der Waals surface area contributed by atoms with E-state index in [1.165, 1.54) is 0 Å². The number of aromatic nitrogens is 1. The normalized spacial score (nSPS) is 17.8. The van der Waals surface area contributed by atoms with Crippen molar-refractivity contribution in [1.82, 2.24) is 10.5 Å². The van der Waals surface area contributed by atoms with Crippen LogP contribution in [0.2, 0.25) is 0 Å². The van der Waals surface area contributed by atoms with Crippen LogP contribution in [0.3, 0.4) is 0 Å². The maximum atomic E-state index is 5.79. The topological polar surface area (TPSA) is 56.5 Å². The van der Waals surface area contributed by atoms with Gasteiger partial charge in [0.25, 0.3) is 0 Å². The van der Waals surface area contributed by atoms with Crippen LogP contribution in [0.5, 0.6) is 0 Å². The highest BCUT2D eigenvalue weighted by Crippen LogP contribution is 2.14. The molecule has 0 bridgehead atoms. The lowest BCUT2D eigenvalue weighted by atomic mass is 10.1. The molecule has 1 aliphatic rings. The fraction of sp³-hybridized carbons (Fsp3) is 0.786. The Morgan fingerprint density at radius 2 is 2.11 bits per heavy atom. The number of nitrogens with one attached hydrogen (secondary N) is 1. The van der Waals surface area contributed by atoms with E-state index >= 15 is 0 Å². The lowest BCUT2D eigenvalue weighted by molar-refractivity contribution is -0.0443. The first-order valence-electron chi connectivity index (χ1n) is 6.92. The molecule has 0 spiro atoms. The standard InChI is InChI=1S/C14H24N2O3/c1-14(2,3)15-9-11-8-13(19-16-11)10-18-12-4-6-17-7-5-12/h8,12,15H,4-7,9-10H2,1-3H3. The zero-order valence-corrected chi connectivity index (χ0v) is 12.1. The number of rotatable bonds is 5. The van der Waals surface area contributed by atoms with Gasteiger partial charge >= 0.3 is 0 Å². The highest BCUT2D eigenvalue weighted by atomic mass is 16.5. The average molecular weight is 268 g/mol. The maximum Gasteiger partial charge on any atom is 0.162 e. The van der Waals surface area contributed by atoms with Crippen LogP contribution in [-0.2, 0) is 22.6 Å². The number of nitrogens with zero attached hydrogens (tertiary/aromatic N) is 1. The van der Waals surface area contributed by atoms with Crippen LogP contribution in [0.4, 0.5) is 0 Å². The van der Waals surface area contributed by atoms with E-state index in [2.05, 4.69) is 31.2 Å².